The Hall–Kier alpha value is -2.10. The fraction of sp³-hybridized carbons (Fsp3) is 0.316. The van der Waals surface area contributed by atoms with Crippen molar-refractivity contribution in [1.29, 1.82) is 0 Å². The summed E-state index contributed by atoms with van der Waals surface area (Å²) >= 11 is 2.14. The third kappa shape index (κ3) is 2.56. The van der Waals surface area contributed by atoms with E-state index >= 15 is 0 Å². The molecule has 0 aromatic heterocycles. The minimum absolute atomic E-state index is 0.0668. The Balaban J connectivity index is 1.86. The SMILES string of the molecule is B=C1C(C(N)=O)=C(O)CC2CC3Cc4c(I)ccc(O)c4C(=O)C3=C(O)C12. The number of aliphatic hydroxyl groups is 2. The molecule has 0 bridgehead atoms. The summed E-state index contributed by atoms with van der Waals surface area (Å²) in [5, 5.41) is 31.4. The first kappa shape index (κ1) is 18.3. The van der Waals surface area contributed by atoms with Crippen LogP contribution in [0.15, 0.2) is 34.8 Å². The molecule has 0 spiro atoms. The van der Waals surface area contributed by atoms with Crippen molar-refractivity contribution in [2.24, 2.45) is 23.5 Å². The molecule has 0 radical (unpaired) electrons. The van der Waals surface area contributed by atoms with Gasteiger partial charge in [-0.1, -0.05) is 0 Å². The Kier molecular flexibility index (Phi) is 4.21. The van der Waals surface area contributed by atoms with Crippen LogP contribution in [0.2, 0.25) is 0 Å². The normalized spacial score (nSPS) is 27.2. The second-order valence-corrected chi connectivity index (χ2v) is 8.50. The molecular formula is C19H17BINO5. The van der Waals surface area contributed by atoms with Crippen molar-refractivity contribution in [3.63, 3.8) is 0 Å². The molecule has 5 N–H and O–H groups in total. The fourth-order valence-corrected chi connectivity index (χ4v) is 5.46. The summed E-state index contributed by atoms with van der Waals surface area (Å²) in [7, 11) is 3.87. The molecule has 3 aliphatic rings. The van der Waals surface area contributed by atoms with Gasteiger partial charge in [-0.2, -0.15) is 0 Å². The monoisotopic (exact) mass is 477 g/mol. The number of halogens is 1. The van der Waals surface area contributed by atoms with Gasteiger partial charge in [0, 0.05) is 0 Å². The molecule has 138 valence electrons. The predicted octanol–water partition coefficient (Wildman–Crippen LogP) is 1.57. The number of phenolic OH excluding ortho intramolecular Hbond substituents is 1. The van der Waals surface area contributed by atoms with Gasteiger partial charge < -0.3 is 0 Å². The summed E-state index contributed by atoms with van der Waals surface area (Å²) in [5.41, 5.74) is 6.82. The zero-order valence-electron chi connectivity index (χ0n) is 14.3. The maximum absolute atomic E-state index is 13.1. The summed E-state index contributed by atoms with van der Waals surface area (Å²) in [4.78, 5) is 24.8. The van der Waals surface area contributed by atoms with Crippen LogP contribution >= 0.6 is 22.6 Å². The molecule has 27 heavy (non-hydrogen) atoms. The van der Waals surface area contributed by atoms with Crippen molar-refractivity contribution in [3.05, 3.63) is 49.5 Å². The number of allylic oxidation sites excluding steroid dienone is 3. The second-order valence-electron chi connectivity index (χ2n) is 7.34. The van der Waals surface area contributed by atoms with E-state index in [1.54, 1.807) is 6.07 Å². The van der Waals surface area contributed by atoms with Crippen LogP contribution in [0.4, 0.5) is 0 Å². The first-order valence-electron chi connectivity index (χ1n) is 8.61. The van der Waals surface area contributed by atoms with Crippen molar-refractivity contribution in [2.75, 3.05) is 0 Å². The van der Waals surface area contributed by atoms with Crippen LogP contribution in [0.5, 0.6) is 5.75 Å². The van der Waals surface area contributed by atoms with Crippen LogP contribution in [0.1, 0.15) is 28.8 Å². The number of fused-ring (bicyclic) bond motifs is 3. The van der Waals surface area contributed by atoms with Gasteiger partial charge in [0.25, 0.3) is 0 Å². The predicted molar refractivity (Wildman–Crippen MR) is 109 cm³/mol. The number of benzene rings is 1. The molecule has 3 atom stereocenters. The Bertz CT molecular complexity index is 996. The van der Waals surface area contributed by atoms with E-state index in [1.165, 1.54) is 6.07 Å². The number of nitrogens with two attached hydrogens (primary N) is 1. The Morgan fingerprint density at radius 1 is 1.22 bits per heavy atom. The number of carbonyl (C=O) groups excluding carboxylic acids is 2. The van der Waals surface area contributed by atoms with Crippen molar-refractivity contribution < 1.29 is 24.9 Å². The average molecular weight is 477 g/mol. The molecule has 0 saturated carbocycles. The van der Waals surface area contributed by atoms with Crippen molar-refractivity contribution in [2.45, 2.75) is 19.3 Å². The topological polar surface area (TPSA) is 121 Å². The van der Waals surface area contributed by atoms with Crippen LogP contribution in [0, 0.1) is 21.3 Å². The molecule has 3 aliphatic carbocycles. The molecule has 0 aliphatic heterocycles. The number of primary amides is 1. The van der Waals surface area contributed by atoms with Gasteiger partial charge in [-0.3, -0.25) is 0 Å². The van der Waals surface area contributed by atoms with E-state index in [4.69, 9.17) is 5.73 Å². The first-order chi connectivity index (χ1) is 12.7. The molecular weight excluding hydrogens is 460 g/mol. The van der Waals surface area contributed by atoms with E-state index in [0.717, 1.165) is 9.13 Å². The van der Waals surface area contributed by atoms with Crippen molar-refractivity contribution in [1.82, 2.24) is 0 Å². The molecule has 8 heteroatoms. The molecule has 1 aromatic carbocycles. The van der Waals surface area contributed by atoms with Gasteiger partial charge in [0.15, 0.2) is 0 Å². The number of hydrogen-bond acceptors (Lipinski definition) is 5. The van der Waals surface area contributed by atoms with Gasteiger partial charge >= 0.3 is 170 Å². The maximum atomic E-state index is 13.1. The molecule has 4 rings (SSSR count). The van der Waals surface area contributed by atoms with Crippen LogP contribution in [0.3, 0.4) is 0 Å². The molecule has 0 fully saturated rings. The van der Waals surface area contributed by atoms with E-state index < -0.39 is 11.8 Å². The van der Waals surface area contributed by atoms with Crippen molar-refractivity contribution in [3.8, 4) is 5.75 Å². The Morgan fingerprint density at radius 3 is 2.59 bits per heavy atom. The summed E-state index contributed by atoms with van der Waals surface area (Å²) < 4.78 is 0.890. The van der Waals surface area contributed by atoms with E-state index in [9.17, 15) is 24.9 Å². The standard InChI is InChI=1S/C19H17BINO5/c20-16-12-7(5-11(24)15(16)19(22)27)3-6-4-8-9(21)1-2-10(23)14(8)18(26)13(6)17(12)25/h1-2,6-7,12,20,23-25H,3-5H2,(H2,22,27). The van der Waals surface area contributed by atoms with Gasteiger partial charge in [0.2, 0.25) is 0 Å². The summed E-state index contributed by atoms with van der Waals surface area (Å²) in [6.07, 6.45) is 1.29. The first-order valence-corrected chi connectivity index (χ1v) is 9.69. The number of carbonyl (C=O) groups is 2. The summed E-state index contributed by atoms with van der Waals surface area (Å²) in [5.74, 6) is -2.54. The third-order valence-corrected chi connectivity index (χ3v) is 6.89. The van der Waals surface area contributed by atoms with Gasteiger partial charge in [0.1, 0.15) is 0 Å². The summed E-state index contributed by atoms with van der Waals surface area (Å²) in [6, 6.07) is 3.24. The molecule has 1 amide bonds. The average Bonchev–Trinajstić information content (AvgIpc) is 2.57. The fourth-order valence-electron chi connectivity index (χ4n) is 4.79. The van der Waals surface area contributed by atoms with Gasteiger partial charge in [-0.15, -0.1) is 0 Å². The van der Waals surface area contributed by atoms with E-state index in [-0.39, 0.29) is 63.5 Å². The Morgan fingerprint density at radius 2 is 1.93 bits per heavy atom. The number of aromatic hydroxyl groups is 1. The molecule has 0 heterocycles. The van der Waals surface area contributed by atoms with Crippen LogP contribution in [-0.4, -0.2) is 40.0 Å². The molecule has 0 saturated heterocycles. The number of amides is 1. The van der Waals surface area contributed by atoms with E-state index in [0.29, 0.717) is 12.8 Å². The molecule has 1 aromatic rings. The van der Waals surface area contributed by atoms with Crippen LogP contribution in [0.25, 0.3) is 0 Å². The molecule has 3 unspecified atom stereocenters. The van der Waals surface area contributed by atoms with E-state index in [1.807, 2.05) is 0 Å². The second kappa shape index (κ2) is 6.22. The minimum atomic E-state index is -0.802. The van der Waals surface area contributed by atoms with E-state index in [2.05, 4.69) is 30.1 Å². The number of Topliss-reactive ketones (excluding diaryl/α,β-unsaturated/α-hetero) is 1. The van der Waals surface area contributed by atoms with Gasteiger partial charge in [-0.25, -0.2) is 0 Å². The van der Waals surface area contributed by atoms with Crippen LogP contribution < -0.4 is 5.73 Å². The number of aliphatic hydroxyl groups excluding tert-OH is 2. The zero-order valence-corrected chi connectivity index (χ0v) is 16.5. The number of phenols is 1. The number of ketones is 1. The quantitative estimate of drug-likeness (QED) is 0.362. The molecule has 6 nitrogen and oxygen atoms in total. The Labute approximate surface area is 170 Å². The number of rotatable bonds is 1. The number of hydrogen-bond donors (Lipinski definition) is 4. The van der Waals surface area contributed by atoms with Crippen molar-refractivity contribution >= 4 is 47.2 Å². The zero-order chi connectivity index (χ0) is 19.6. The van der Waals surface area contributed by atoms with Gasteiger partial charge in [-0.05, 0) is 0 Å². The summed E-state index contributed by atoms with van der Waals surface area (Å²) in [6.45, 7) is 0. The van der Waals surface area contributed by atoms with Crippen LogP contribution in [-0.2, 0) is 11.2 Å². The third-order valence-electron chi connectivity index (χ3n) is 5.88. The van der Waals surface area contributed by atoms with Gasteiger partial charge in [0.05, 0.1) is 0 Å².